The number of likely N-dealkylation sites (tertiary alicyclic amines) is 1. The second-order valence-electron chi connectivity index (χ2n) is 6.50. The number of hydrogen-bond acceptors (Lipinski definition) is 2. The van der Waals surface area contributed by atoms with Gasteiger partial charge in [0.2, 0.25) is 0 Å². The summed E-state index contributed by atoms with van der Waals surface area (Å²) in [4.78, 5) is 25.1. The van der Waals surface area contributed by atoms with Gasteiger partial charge < -0.3 is 15.3 Å². The van der Waals surface area contributed by atoms with Crippen LogP contribution in [-0.2, 0) is 4.79 Å². The zero-order valence-corrected chi connectivity index (χ0v) is 12.5. The Bertz CT molecular complexity index is 372. The summed E-state index contributed by atoms with van der Waals surface area (Å²) < 4.78 is 0. The van der Waals surface area contributed by atoms with Gasteiger partial charge in [0.1, 0.15) is 6.04 Å². The maximum Gasteiger partial charge on any atom is 0.326 e. The Hall–Kier alpha value is -1.26. The summed E-state index contributed by atoms with van der Waals surface area (Å²) in [6.07, 6.45) is 6.30. The molecule has 0 bridgehead atoms. The van der Waals surface area contributed by atoms with Crippen LogP contribution in [-0.4, -0.2) is 40.6 Å². The molecule has 1 saturated carbocycles. The van der Waals surface area contributed by atoms with E-state index >= 15 is 0 Å². The van der Waals surface area contributed by atoms with Crippen molar-refractivity contribution in [1.82, 2.24) is 10.2 Å². The van der Waals surface area contributed by atoms with E-state index in [0.717, 1.165) is 38.0 Å². The highest BCUT2D eigenvalue weighted by Crippen LogP contribution is 2.26. The molecule has 1 aliphatic carbocycles. The third kappa shape index (κ3) is 3.44. The highest BCUT2D eigenvalue weighted by Gasteiger charge is 2.39. The van der Waals surface area contributed by atoms with E-state index in [4.69, 9.17) is 0 Å². The molecule has 114 valence electrons. The number of nitrogens with one attached hydrogen (secondary N) is 1. The molecule has 2 aliphatic rings. The second-order valence-corrected chi connectivity index (χ2v) is 6.50. The molecule has 4 unspecified atom stereocenters. The quantitative estimate of drug-likeness (QED) is 0.764. The Morgan fingerprint density at radius 1 is 1.10 bits per heavy atom. The van der Waals surface area contributed by atoms with Crippen molar-refractivity contribution in [2.24, 2.45) is 11.8 Å². The Morgan fingerprint density at radius 3 is 2.55 bits per heavy atom. The number of aliphatic carboxylic acids is 1. The van der Waals surface area contributed by atoms with Crippen molar-refractivity contribution in [3.05, 3.63) is 0 Å². The first kappa shape index (κ1) is 15.1. The number of carbonyl (C=O) groups is 2. The highest BCUT2D eigenvalue weighted by atomic mass is 16.4. The van der Waals surface area contributed by atoms with Gasteiger partial charge in [-0.3, -0.25) is 0 Å². The number of carboxylic acids is 1. The summed E-state index contributed by atoms with van der Waals surface area (Å²) in [5.41, 5.74) is 0. The monoisotopic (exact) mass is 282 g/mol. The first-order valence-electron chi connectivity index (χ1n) is 7.79. The van der Waals surface area contributed by atoms with E-state index < -0.39 is 12.0 Å². The highest BCUT2D eigenvalue weighted by molar-refractivity contribution is 5.83. The molecular weight excluding hydrogens is 256 g/mol. The number of carboxylic acid groups (broad SMARTS) is 1. The molecular formula is C15H26N2O3. The molecule has 1 aliphatic heterocycles. The van der Waals surface area contributed by atoms with Gasteiger partial charge in [0.15, 0.2) is 0 Å². The van der Waals surface area contributed by atoms with E-state index in [1.807, 2.05) is 6.92 Å². The van der Waals surface area contributed by atoms with Crippen LogP contribution < -0.4 is 5.32 Å². The zero-order valence-electron chi connectivity index (χ0n) is 12.5. The molecule has 5 heteroatoms. The normalized spacial score (nSPS) is 34.6. The number of hydrogen-bond donors (Lipinski definition) is 2. The summed E-state index contributed by atoms with van der Waals surface area (Å²) >= 11 is 0. The summed E-state index contributed by atoms with van der Waals surface area (Å²) in [6, 6.07) is -0.654. The van der Waals surface area contributed by atoms with Crippen LogP contribution in [0.25, 0.3) is 0 Å². The van der Waals surface area contributed by atoms with Crippen molar-refractivity contribution in [3.63, 3.8) is 0 Å². The van der Waals surface area contributed by atoms with Gasteiger partial charge in [-0.05, 0) is 37.5 Å². The molecule has 0 spiro atoms. The fourth-order valence-corrected chi connectivity index (χ4v) is 3.44. The molecule has 1 heterocycles. The summed E-state index contributed by atoms with van der Waals surface area (Å²) in [7, 11) is 0. The Kier molecular flexibility index (Phi) is 4.89. The van der Waals surface area contributed by atoms with E-state index in [9.17, 15) is 14.7 Å². The number of rotatable bonds is 2. The van der Waals surface area contributed by atoms with E-state index in [2.05, 4.69) is 12.2 Å². The Morgan fingerprint density at radius 2 is 1.85 bits per heavy atom. The van der Waals surface area contributed by atoms with Crippen LogP contribution >= 0.6 is 0 Å². The van der Waals surface area contributed by atoms with Gasteiger partial charge in [0.05, 0.1) is 0 Å². The average molecular weight is 282 g/mol. The lowest BCUT2D eigenvalue weighted by atomic mass is 10.0. The molecule has 0 radical (unpaired) electrons. The molecule has 2 rings (SSSR count). The lowest BCUT2D eigenvalue weighted by Crippen LogP contribution is -2.50. The fourth-order valence-electron chi connectivity index (χ4n) is 3.44. The van der Waals surface area contributed by atoms with Gasteiger partial charge in [-0.15, -0.1) is 0 Å². The minimum Gasteiger partial charge on any atom is -0.480 e. The summed E-state index contributed by atoms with van der Waals surface area (Å²) in [6.45, 7) is 4.71. The largest absolute Gasteiger partial charge is 0.480 e. The molecule has 0 aromatic heterocycles. The van der Waals surface area contributed by atoms with Crippen LogP contribution in [0.15, 0.2) is 0 Å². The van der Waals surface area contributed by atoms with E-state index in [0.29, 0.717) is 6.54 Å². The number of carbonyl (C=O) groups excluding carboxylic acids is 1. The van der Waals surface area contributed by atoms with Crippen molar-refractivity contribution in [2.75, 3.05) is 6.54 Å². The van der Waals surface area contributed by atoms with Crippen LogP contribution in [0.2, 0.25) is 0 Å². The third-order valence-electron chi connectivity index (χ3n) is 4.80. The second kappa shape index (κ2) is 6.46. The van der Waals surface area contributed by atoms with Gasteiger partial charge in [-0.1, -0.05) is 26.7 Å². The third-order valence-corrected chi connectivity index (χ3v) is 4.80. The molecule has 0 aromatic carbocycles. The Labute approximate surface area is 120 Å². The van der Waals surface area contributed by atoms with E-state index in [-0.39, 0.29) is 18.0 Å². The minimum atomic E-state index is -0.889. The Balaban J connectivity index is 1.92. The fraction of sp³-hybridized carbons (Fsp3) is 0.867. The van der Waals surface area contributed by atoms with Crippen molar-refractivity contribution >= 4 is 12.0 Å². The van der Waals surface area contributed by atoms with Gasteiger partial charge in [0, 0.05) is 12.6 Å². The topological polar surface area (TPSA) is 69.6 Å². The molecule has 5 nitrogen and oxygen atoms in total. The predicted molar refractivity (Wildman–Crippen MR) is 76.5 cm³/mol. The maximum atomic E-state index is 12.3. The minimum absolute atomic E-state index is 0.0346. The van der Waals surface area contributed by atoms with Crippen LogP contribution in [0.5, 0.6) is 0 Å². The van der Waals surface area contributed by atoms with Gasteiger partial charge >= 0.3 is 12.0 Å². The summed E-state index contributed by atoms with van der Waals surface area (Å²) in [5, 5.41) is 12.3. The van der Waals surface area contributed by atoms with Crippen molar-refractivity contribution in [1.29, 1.82) is 0 Å². The van der Waals surface area contributed by atoms with Crippen molar-refractivity contribution in [3.8, 4) is 0 Å². The standard InChI is InChI=1S/C15H26N2O3/c1-10-4-3-5-12(7-6-10)16-15(20)17-9-8-11(2)13(17)14(18)19/h10-13H,3-9H2,1-2H3,(H,16,20)(H,18,19). The SMILES string of the molecule is CC1CCCC(NC(=O)N2CCC(C)C2C(=O)O)CC1. The van der Waals surface area contributed by atoms with Crippen molar-refractivity contribution in [2.45, 2.75) is 64.5 Å². The first-order valence-corrected chi connectivity index (χ1v) is 7.79. The first-order chi connectivity index (χ1) is 9.49. The number of nitrogens with zero attached hydrogens (tertiary/aromatic N) is 1. The molecule has 20 heavy (non-hydrogen) atoms. The maximum absolute atomic E-state index is 12.3. The van der Waals surface area contributed by atoms with E-state index in [1.165, 1.54) is 11.3 Å². The lowest BCUT2D eigenvalue weighted by molar-refractivity contribution is -0.142. The van der Waals surface area contributed by atoms with Crippen LogP contribution in [0.4, 0.5) is 4.79 Å². The van der Waals surface area contributed by atoms with Crippen LogP contribution in [0.1, 0.15) is 52.4 Å². The smallest absolute Gasteiger partial charge is 0.326 e. The van der Waals surface area contributed by atoms with E-state index in [1.54, 1.807) is 0 Å². The van der Waals surface area contributed by atoms with Crippen molar-refractivity contribution < 1.29 is 14.7 Å². The molecule has 4 atom stereocenters. The summed E-state index contributed by atoms with van der Waals surface area (Å²) in [5.74, 6) is -0.123. The van der Waals surface area contributed by atoms with Crippen LogP contribution in [0.3, 0.4) is 0 Å². The number of urea groups is 1. The van der Waals surface area contributed by atoms with Crippen LogP contribution in [0, 0.1) is 11.8 Å². The molecule has 2 fully saturated rings. The van der Waals surface area contributed by atoms with Gasteiger partial charge in [-0.2, -0.15) is 0 Å². The predicted octanol–water partition coefficient (Wildman–Crippen LogP) is 2.46. The molecule has 2 N–H and O–H groups in total. The molecule has 1 saturated heterocycles. The van der Waals surface area contributed by atoms with Gasteiger partial charge in [0.25, 0.3) is 0 Å². The molecule has 2 amide bonds. The average Bonchev–Trinajstić information content (AvgIpc) is 2.66. The number of amides is 2. The molecule has 0 aromatic rings. The van der Waals surface area contributed by atoms with Gasteiger partial charge in [-0.25, -0.2) is 9.59 Å². The lowest BCUT2D eigenvalue weighted by Gasteiger charge is -2.26. The zero-order chi connectivity index (χ0) is 14.7.